The number of aryl methyl sites for hydroxylation is 2. The fraction of sp³-hybridized carbons (Fsp3) is 0.533. The maximum atomic E-state index is 4.28. The quantitative estimate of drug-likeness (QED) is 0.758. The van der Waals surface area contributed by atoms with E-state index in [1.165, 1.54) is 15.3 Å². The van der Waals surface area contributed by atoms with Crippen LogP contribution in [0.25, 0.3) is 0 Å². The maximum absolute atomic E-state index is 4.28. The lowest BCUT2D eigenvalue weighted by Gasteiger charge is -2.17. The van der Waals surface area contributed by atoms with E-state index < -0.39 is 0 Å². The topological polar surface area (TPSA) is 55.6 Å². The fourth-order valence-electron chi connectivity index (χ4n) is 2.07. The van der Waals surface area contributed by atoms with Gasteiger partial charge in [-0.1, -0.05) is 25.1 Å². The van der Waals surface area contributed by atoms with Crippen LogP contribution < -0.4 is 5.32 Å². The highest BCUT2D eigenvalue weighted by Crippen LogP contribution is 2.23. The molecule has 0 saturated carbocycles. The smallest absolute Gasteiger partial charge is 0.176 e. The molecule has 1 atom stereocenters. The van der Waals surface area contributed by atoms with Crippen LogP contribution in [0.4, 0.5) is 0 Å². The number of rotatable bonds is 8. The summed E-state index contributed by atoms with van der Waals surface area (Å²) in [4.78, 5) is 2.86. The van der Waals surface area contributed by atoms with E-state index in [-0.39, 0.29) is 0 Å². The van der Waals surface area contributed by atoms with Crippen molar-refractivity contribution >= 4 is 11.8 Å². The van der Waals surface area contributed by atoms with Crippen molar-refractivity contribution in [1.82, 2.24) is 25.5 Å². The first-order valence-corrected chi connectivity index (χ1v) is 8.32. The van der Waals surface area contributed by atoms with Gasteiger partial charge in [0.2, 0.25) is 0 Å². The zero-order valence-corrected chi connectivity index (χ0v) is 13.7. The Morgan fingerprint density at radius 1 is 1.33 bits per heavy atom. The molecule has 0 radical (unpaired) electrons. The van der Waals surface area contributed by atoms with Gasteiger partial charge in [0.25, 0.3) is 0 Å². The molecule has 114 valence electrons. The van der Waals surface area contributed by atoms with E-state index in [0.29, 0.717) is 6.04 Å². The molecule has 1 aromatic heterocycles. The minimum atomic E-state index is 0.360. The molecule has 0 bridgehead atoms. The average Bonchev–Trinajstić information content (AvgIpc) is 2.88. The molecule has 1 aromatic carbocycles. The first kappa shape index (κ1) is 16.0. The molecule has 0 amide bonds. The standard InChI is InChI=1S/C15H23N5S/c1-4-9-16-13(10-15-17-19-20(3)18-15)11-21-14-8-6-5-7-12(14)2/h5-8,13,16H,4,9-11H2,1-3H3. The molecular formula is C15H23N5S. The van der Waals surface area contributed by atoms with Gasteiger partial charge in [-0.25, -0.2) is 0 Å². The van der Waals surface area contributed by atoms with Crippen LogP contribution in [0, 0.1) is 6.92 Å². The third-order valence-electron chi connectivity index (χ3n) is 3.20. The minimum absolute atomic E-state index is 0.360. The van der Waals surface area contributed by atoms with Crippen molar-refractivity contribution in [1.29, 1.82) is 0 Å². The Morgan fingerprint density at radius 2 is 2.14 bits per heavy atom. The van der Waals surface area contributed by atoms with E-state index in [9.17, 15) is 0 Å². The number of benzene rings is 1. The van der Waals surface area contributed by atoms with E-state index in [4.69, 9.17) is 0 Å². The summed E-state index contributed by atoms with van der Waals surface area (Å²) >= 11 is 1.89. The van der Waals surface area contributed by atoms with E-state index in [1.54, 1.807) is 7.05 Å². The van der Waals surface area contributed by atoms with Crippen LogP contribution in [0.5, 0.6) is 0 Å². The summed E-state index contributed by atoms with van der Waals surface area (Å²) in [5, 5.41) is 15.8. The predicted molar refractivity (Wildman–Crippen MR) is 86.5 cm³/mol. The fourth-order valence-corrected chi connectivity index (χ4v) is 3.16. The van der Waals surface area contributed by atoms with Gasteiger partial charge >= 0.3 is 0 Å². The molecule has 1 heterocycles. The van der Waals surface area contributed by atoms with Gasteiger partial charge in [0, 0.05) is 23.1 Å². The highest BCUT2D eigenvalue weighted by atomic mass is 32.2. The lowest BCUT2D eigenvalue weighted by atomic mass is 10.2. The van der Waals surface area contributed by atoms with Gasteiger partial charge in [0.1, 0.15) is 0 Å². The van der Waals surface area contributed by atoms with Crippen molar-refractivity contribution in [2.24, 2.45) is 7.05 Å². The summed E-state index contributed by atoms with van der Waals surface area (Å²) in [6.45, 7) is 5.35. The molecule has 6 heteroatoms. The lowest BCUT2D eigenvalue weighted by Crippen LogP contribution is -2.34. The average molecular weight is 305 g/mol. The molecule has 2 rings (SSSR count). The summed E-state index contributed by atoms with van der Waals surface area (Å²) in [6.07, 6.45) is 1.94. The van der Waals surface area contributed by atoms with Gasteiger partial charge < -0.3 is 5.32 Å². The SMILES string of the molecule is CCCNC(CSc1ccccc1C)Cc1nnn(C)n1. The Morgan fingerprint density at radius 3 is 2.81 bits per heavy atom. The second-order valence-electron chi connectivity index (χ2n) is 5.13. The summed E-state index contributed by atoms with van der Waals surface area (Å²) < 4.78 is 0. The molecule has 0 saturated heterocycles. The number of aromatic nitrogens is 4. The van der Waals surface area contributed by atoms with Crippen LogP contribution in [0.3, 0.4) is 0 Å². The molecule has 0 spiro atoms. The molecule has 5 nitrogen and oxygen atoms in total. The zero-order chi connectivity index (χ0) is 15.1. The summed E-state index contributed by atoms with van der Waals surface area (Å²) in [5.41, 5.74) is 1.33. The predicted octanol–water partition coefficient (Wildman–Crippen LogP) is 2.22. The Labute approximate surface area is 130 Å². The molecular weight excluding hydrogens is 282 g/mol. The monoisotopic (exact) mass is 305 g/mol. The van der Waals surface area contributed by atoms with Crippen LogP contribution in [-0.4, -0.2) is 38.5 Å². The van der Waals surface area contributed by atoms with Crippen molar-refractivity contribution in [3.05, 3.63) is 35.7 Å². The third kappa shape index (κ3) is 5.13. The number of nitrogens with zero attached hydrogens (tertiary/aromatic N) is 4. The molecule has 0 fully saturated rings. The Kier molecular flexibility index (Phi) is 6.20. The molecule has 1 N–H and O–H groups in total. The molecule has 1 unspecified atom stereocenters. The van der Waals surface area contributed by atoms with E-state index >= 15 is 0 Å². The molecule has 0 aliphatic heterocycles. The summed E-state index contributed by atoms with van der Waals surface area (Å²) in [6, 6.07) is 8.86. The van der Waals surface area contributed by atoms with E-state index in [2.05, 4.69) is 58.8 Å². The number of hydrogen-bond acceptors (Lipinski definition) is 5. The highest BCUT2D eigenvalue weighted by molar-refractivity contribution is 7.99. The van der Waals surface area contributed by atoms with Gasteiger partial charge in [-0.3, -0.25) is 0 Å². The first-order valence-electron chi connectivity index (χ1n) is 7.33. The highest BCUT2D eigenvalue weighted by Gasteiger charge is 2.13. The van der Waals surface area contributed by atoms with Crippen molar-refractivity contribution in [2.45, 2.75) is 37.6 Å². The third-order valence-corrected chi connectivity index (χ3v) is 4.53. The second kappa shape index (κ2) is 8.14. The molecule has 0 aliphatic carbocycles. The molecule has 0 aliphatic rings. The number of tetrazole rings is 1. The minimum Gasteiger partial charge on any atom is -0.313 e. The Hall–Kier alpha value is -1.40. The van der Waals surface area contributed by atoms with Gasteiger partial charge in [-0.15, -0.1) is 22.0 Å². The number of nitrogens with one attached hydrogen (secondary N) is 1. The lowest BCUT2D eigenvalue weighted by molar-refractivity contribution is 0.537. The largest absolute Gasteiger partial charge is 0.313 e. The normalized spacial score (nSPS) is 12.5. The van der Waals surface area contributed by atoms with Crippen LogP contribution in [0.15, 0.2) is 29.2 Å². The van der Waals surface area contributed by atoms with Gasteiger partial charge in [0.05, 0.1) is 7.05 Å². The number of hydrogen-bond donors (Lipinski definition) is 1. The van der Waals surface area contributed by atoms with E-state index in [0.717, 1.165) is 31.0 Å². The second-order valence-corrected chi connectivity index (χ2v) is 6.19. The van der Waals surface area contributed by atoms with E-state index in [1.807, 2.05) is 11.8 Å². The van der Waals surface area contributed by atoms with Crippen molar-refractivity contribution in [2.75, 3.05) is 12.3 Å². The van der Waals surface area contributed by atoms with Crippen LogP contribution >= 0.6 is 11.8 Å². The number of thioether (sulfide) groups is 1. The zero-order valence-electron chi connectivity index (χ0n) is 12.9. The molecule has 2 aromatic rings. The van der Waals surface area contributed by atoms with Gasteiger partial charge in [-0.05, 0) is 36.7 Å². The van der Waals surface area contributed by atoms with Crippen molar-refractivity contribution in [3.63, 3.8) is 0 Å². The maximum Gasteiger partial charge on any atom is 0.176 e. The van der Waals surface area contributed by atoms with Crippen molar-refractivity contribution < 1.29 is 0 Å². The van der Waals surface area contributed by atoms with Gasteiger partial charge in [-0.2, -0.15) is 4.80 Å². The molecule has 21 heavy (non-hydrogen) atoms. The van der Waals surface area contributed by atoms with Crippen molar-refractivity contribution in [3.8, 4) is 0 Å². The summed E-state index contributed by atoms with van der Waals surface area (Å²) in [7, 11) is 1.80. The van der Waals surface area contributed by atoms with Crippen LogP contribution in [0.2, 0.25) is 0 Å². The first-order chi connectivity index (χ1) is 10.2. The van der Waals surface area contributed by atoms with Crippen LogP contribution in [0.1, 0.15) is 24.7 Å². The Balaban J connectivity index is 1.94. The Bertz CT molecular complexity index is 555. The van der Waals surface area contributed by atoms with Crippen LogP contribution in [-0.2, 0) is 13.5 Å². The van der Waals surface area contributed by atoms with Gasteiger partial charge in [0.15, 0.2) is 5.82 Å². The summed E-state index contributed by atoms with van der Waals surface area (Å²) in [5.74, 6) is 1.81.